The van der Waals surface area contributed by atoms with Gasteiger partial charge in [0, 0.05) is 18.1 Å². The average molecular weight is 470 g/mol. The lowest BCUT2D eigenvalue weighted by atomic mass is 9.91. The van der Waals surface area contributed by atoms with E-state index >= 15 is 0 Å². The van der Waals surface area contributed by atoms with Crippen LogP contribution in [0.4, 0.5) is 10.6 Å². The molecule has 1 aliphatic rings. The number of carbonyl (C=O) groups excluding carboxylic acids is 2. The van der Waals surface area contributed by atoms with Gasteiger partial charge in [0.2, 0.25) is 5.91 Å². The van der Waals surface area contributed by atoms with Crippen LogP contribution in [0.15, 0.2) is 30.5 Å². The summed E-state index contributed by atoms with van der Waals surface area (Å²) in [5.41, 5.74) is 1.65. The van der Waals surface area contributed by atoms with Crippen LogP contribution in [-0.2, 0) is 16.1 Å². The number of pyridine rings is 1. The maximum atomic E-state index is 12.4. The molecular weight excluding hydrogens is 434 g/mol. The largest absolute Gasteiger partial charge is 0.491 e. The number of fused-ring (bicyclic) bond motifs is 3. The van der Waals surface area contributed by atoms with Gasteiger partial charge in [-0.05, 0) is 63.8 Å². The SMILES string of the molecule is CC(=O)Nc1cc2c(cn1)OCc1cc(OC[C@](C)(CC(C)C)NC(=O)OC(C)(C)C)ccc1-2. The van der Waals surface area contributed by atoms with Crippen LogP contribution in [-0.4, -0.2) is 34.7 Å². The van der Waals surface area contributed by atoms with Crippen LogP contribution in [0, 0.1) is 5.92 Å². The van der Waals surface area contributed by atoms with Gasteiger partial charge in [0.1, 0.15) is 36.1 Å². The fraction of sp³-hybridized carbons (Fsp3) is 0.500. The summed E-state index contributed by atoms with van der Waals surface area (Å²) in [6, 6.07) is 7.63. The number of nitrogens with zero attached hydrogens (tertiary/aromatic N) is 1. The number of alkyl carbamates (subject to hydrolysis) is 1. The molecule has 2 N–H and O–H groups in total. The van der Waals surface area contributed by atoms with Crippen molar-refractivity contribution in [1.29, 1.82) is 0 Å². The Labute approximate surface area is 201 Å². The standard InChI is InChI=1S/C26H35N3O5/c1-16(2)12-26(7,29-24(31)34-25(4,5)6)15-33-19-8-9-20-18(10-19)14-32-22-13-27-23(11-21(20)22)28-17(3)30/h8-11,13,16H,12,14-15H2,1-7H3,(H,29,31)(H,27,28,30)/t26-/m0/s1. The maximum absolute atomic E-state index is 12.4. The molecule has 1 aromatic carbocycles. The van der Waals surface area contributed by atoms with E-state index in [2.05, 4.69) is 29.5 Å². The summed E-state index contributed by atoms with van der Waals surface area (Å²) in [5.74, 6) is 1.99. The highest BCUT2D eigenvalue weighted by molar-refractivity contribution is 5.89. The number of hydrogen-bond donors (Lipinski definition) is 2. The molecule has 3 rings (SSSR count). The minimum atomic E-state index is -0.603. The van der Waals surface area contributed by atoms with Gasteiger partial charge in [0.25, 0.3) is 0 Å². The molecule has 8 nitrogen and oxygen atoms in total. The summed E-state index contributed by atoms with van der Waals surface area (Å²) in [6.45, 7) is 13.8. The Kier molecular flexibility index (Phi) is 7.38. The normalized spacial score (nSPS) is 14.2. The molecule has 0 fully saturated rings. The Morgan fingerprint density at radius 1 is 1.15 bits per heavy atom. The van der Waals surface area contributed by atoms with Crippen LogP contribution in [0.25, 0.3) is 11.1 Å². The van der Waals surface area contributed by atoms with Gasteiger partial charge in [-0.25, -0.2) is 9.78 Å². The van der Waals surface area contributed by atoms with Crippen LogP contribution in [0.3, 0.4) is 0 Å². The lowest BCUT2D eigenvalue weighted by molar-refractivity contribution is -0.114. The van der Waals surface area contributed by atoms with Crippen molar-refractivity contribution in [3.63, 3.8) is 0 Å². The zero-order valence-corrected chi connectivity index (χ0v) is 21.1. The van der Waals surface area contributed by atoms with Crippen LogP contribution in [0.1, 0.15) is 60.5 Å². The van der Waals surface area contributed by atoms with Gasteiger partial charge < -0.3 is 24.8 Å². The third-order valence-electron chi connectivity index (χ3n) is 5.14. The molecule has 1 aromatic heterocycles. The van der Waals surface area contributed by atoms with Gasteiger partial charge in [-0.15, -0.1) is 0 Å². The van der Waals surface area contributed by atoms with Gasteiger partial charge in [-0.1, -0.05) is 19.9 Å². The lowest BCUT2D eigenvalue weighted by Crippen LogP contribution is -2.52. The monoisotopic (exact) mass is 469 g/mol. The molecule has 2 heterocycles. The van der Waals surface area contributed by atoms with E-state index in [1.807, 2.05) is 45.9 Å². The fourth-order valence-corrected chi connectivity index (χ4v) is 4.05. The molecule has 1 atom stereocenters. The van der Waals surface area contributed by atoms with Gasteiger partial charge in [-0.2, -0.15) is 0 Å². The summed E-state index contributed by atoms with van der Waals surface area (Å²) in [5, 5.41) is 5.70. The average Bonchev–Trinajstić information content (AvgIpc) is 2.69. The minimum absolute atomic E-state index is 0.183. The third-order valence-corrected chi connectivity index (χ3v) is 5.14. The van der Waals surface area contributed by atoms with Gasteiger partial charge >= 0.3 is 6.09 Å². The molecule has 34 heavy (non-hydrogen) atoms. The van der Waals surface area contributed by atoms with Crippen molar-refractivity contribution >= 4 is 17.8 Å². The van der Waals surface area contributed by atoms with E-state index in [4.69, 9.17) is 14.2 Å². The molecule has 0 saturated carbocycles. The van der Waals surface area contributed by atoms with E-state index in [-0.39, 0.29) is 12.5 Å². The highest BCUT2D eigenvalue weighted by Crippen LogP contribution is 2.39. The summed E-state index contributed by atoms with van der Waals surface area (Å²) in [7, 11) is 0. The molecule has 184 valence electrons. The molecule has 2 amide bonds. The van der Waals surface area contributed by atoms with Crippen LogP contribution < -0.4 is 20.1 Å². The summed E-state index contributed by atoms with van der Waals surface area (Å²) in [4.78, 5) is 28.0. The maximum Gasteiger partial charge on any atom is 0.408 e. The second kappa shape index (κ2) is 9.91. The Bertz CT molecular complexity index is 1060. The first-order valence-electron chi connectivity index (χ1n) is 11.5. The molecule has 0 radical (unpaired) electrons. The second-order valence-electron chi connectivity index (χ2n) is 10.4. The third kappa shape index (κ3) is 6.85. The Morgan fingerprint density at radius 2 is 1.88 bits per heavy atom. The Morgan fingerprint density at radius 3 is 2.53 bits per heavy atom. The van der Waals surface area contributed by atoms with E-state index < -0.39 is 17.2 Å². The smallest absolute Gasteiger partial charge is 0.408 e. The number of ether oxygens (including phenoxy) is 3. The quantitative estimate of drug-likeness (QED) is 0.570. The molecule has 0 unspecified atom stereocenters. The fourth-order valence-electron chi connectivity index (χ4n) is 4.05. The highest BCUT2D eigenvalue weighted by atomic mass is 16.6. The van der Waals surface area contributed by atoms with Crippen LogP contribution in [0.2, 0.25) is 0 Å². The summed E-state index contributed by atoms with van der Waals surface area (Å²) >= 11 is 0. The van der Waals surface area contributed by atoms with Crippen molar-refractivity contribution in [3.05, 3.63) is 36.0 Å². The number of aromatic nitrogens is 1. The molecule has 0 saturated heterocycles. The number of amides is 2. The lowest BCUT2D eigenvalue weighted by Gasteiger charge is -2.33. The molecule has 2 aromatic rings. The van der Waals surface area contributed by atoms with Gasteiger partial charge in [-0.3, -0.25) is 4.79 Å². The predicted octanol–water partition coefficient (Wildman–Crippen LogP) is 5.31. The van der Waals surface area contributed by atoms with Crippen molar-refractivity contribution < 1.29 is 23.8 Å². The number of rotatable bonds is 7. The van der Waals surface area contributed by atoms with E-state index in [1.54, 1.807) is 12.3 Å². The number of nitrogens with one attached hydrogen (secondary N) is 2. The number of hydrogen-bond acceptors (Lipinski definition) is 6. The zero-order valence-electron chi connectivity index (χ0n) is 21.1. The van der Waals surface area contributed by atoms with E-state index in [0.717, 1.165) is 23.1 Å². The van der Waals surface area contributed by atoms with Crippen molar-refractivity contribution in [1.82, 2.24) is 10.3 Å². The first-order valence-corrected chi connectivity index (χ1v) is 11.5. The highest BCUT2D eigenvalue weighted by Gasteiger charge is 2.31. The first kappa shape index (κ1) is 25.3. The number of carbonyl (C=O) groups is 2. The summed E-state index contributed by atoms with van der Waals surface area (Å²) in [6.07, 6.45) is 1.89. The van der Waals surface area contributed by atoms with Crippen molar-refractivity contribution in [2.75, 3.05) is 11.9 Å². The molecule has 0 bridgehead atoms. The summed E-state index contributed by atoms with van der Waals surface area (Å²) < 4.78 is 17.5. The van der Waals surface area contributed by atoms with E-state index in [1.165, 1.54) is 6.92 Å². The van der Waals surface area contributed by atoms with Crippen LogP contribution >= 0.6 is 0 Å². The topological polar surface area (TPSA) is 98.8 Å². The van der Waals surface area contributed by atoms with Crippen LogP contribution in [0.5, 0.6) is 11.5 Å². The molecule has 1 aliphatic heterocycles. The Hall–Kier alpha value is -3.29. The van der Waals surface area contributed by atoms with E-state index in [9.17, 15) is 9.59 Å². The Balaban J connectivity index is 1.76. The van der Waals surface area contributed by atoms with Crippen molar-refractivity contribution in [2.24, 2.45) is 5.92 Å². The number of anilines is 1. The van der Waals surface area contributed by atoms with Crippen molar-refractivity contribution in [3.8, 4) is 22.6 Å². The minimum Gasteiger partial charge on any atom is -0.491 e. The first-order chi connectivity index (χ1) is 15.8. The molecule has 0 spiro atoms. The molecule has 8 heteroatoms. The van der Waals surface area contributed by atoms with Crippen molar-refractivity contribution in [2.45, 2.75) is 72.6 Å². The zero-order chi connectivity index (χ0) is 25.1. The number of benzene rings is 1. The predicted molar refractivity (Wildman–Crippen MR) is 131 cm³/mol. The molecular formula is C26H35N3O5. The van der Waals surface area contributed by atoms with Gasteiger partial charge in [0.15, 0.2) is 0 Å². The second-order valence-corrected chi connectivity index (χ2v) is 10.4. The molecule has 0 aliphatic carbocycles. The van der Waals surface area contributed by atoms with E-state index in [0.29, 0.717) is 29.8 Å². The van der Waals surface area contributed by atoms with Gasteiger partial charge in [0.05, 0.1) is 11.7 Å².